The van der Waals surface area contributed by atoms with E-state index in [-0.39, 0.29) is 35.9 Å². The van der Waals surface area contributed by atoms with Crippen molar-refractivity contribution in [2.45, 2.75) is 57.5 Å². The van der Waals surface area contributed by atoms with Crippen molar-refractivity contribution in [3.05, 3.63) is 45.6 Å². The zero-order valence-corrected chi connectivity index (χ0v) is 21.9. The van der Waals surface area contributed by atoms with Gasteiger partial charge in [-0.2, -0.15) is 0 Å². The van der Waals surface area contributed by atoms with Gasteiger partial charge in [0.2, 0.25) is 23.0 Å². The van der Waals surface area contributed by atoms with Crippen molar-refractivity contribution < 1.29 is 23.8 Å². The first kappa shape index (κ1) is 26.3. The SMILES string of the molecule is COc1cc2c(c(OC)c1OC)-c1ccc(NCC(=O)NC3CCCC3)c(=O)cc1[C@H](NC(C)=O)CC2. The molecule has 0 aromatic heterocycles. The van der Waals surface area contributed by atoms with Gasteiger partial charge in [0.1, 0.15) is 0 Å². The largest absolute Gasteiger partial charge is 0.493 e. The first-order valence-corrected chi connectivity index (χ1v) is 12.7. The number of carbonyl (C=O) groups is 2. The topological polar surface area (TPSA) is 115 Å². The lowest BCUT2D eigenvalue weighted by molar-refractivity contribution is -0.120. The molecule has 1 saturated carbocycles. The van der Waals surface area contributed by atoms with Crippen LogP contribution >= 0.6 is 0 Å². The van der Waals surface area contributed by atoms with E-state index in [1.54, 1.807) is 33.5 Å². The Morgan fingerprint density at radius 2 is 1.68 bits per heavy atom. The van der Waals surface area contributed by atoms with Crippen LogP contribution in [-0.2, 0) is 16.0 Å². The summed E-state index contributed by atoms with van der Waals surface area (Å²) in [6.45, 7) is 1.46. The summed E-state index contributed by atoms with van der Waals surface area (Å²) in [4.78, 5) is 37.8. The highest BCUT2D eigenvalue weighted by atomic mass is 16.5. The fourth-order valence-corrected chi connectivity index (χ4v) is 5.38. The second-order valence-corrected chi connectivity index (χ2v) is 9.50. The fourth-order valence-electron chi connectivity index (χ4n) is 5.38. The molecule has 0 aliphatic heterocycles. The summed E-state index contributed by atoms with van der Waals surface area (Å²) >= 11 is 0. The van der Waals surface area contributed by atoms with E-state index in [1.165, 1.54) is 6.92 Å². The van der Waals surface area contributed by atoms with Crippen LogP contribution in [0.5, 0.6) is 17.2 Å². The Labute approximate surface area is 216 Å². The molecular weight excluding hydrogens is 474 g/mol. The average Bonchev–Trinajstić information content (AvgIpc) is 3.27. The molecule has 1 fully saturated rings. The fraction of sp³-hybridized carbons (Fsp3) is 0.464. The molecule has 1 atom stereocenters. The molecule has 0 saturated heterocycles. The monoisotopic (exact) mass is 509 g/mol. The lowest BCUT2D eigenvalue weighted by atomic mass is 9.95. The highest BCUT2D eigenvalue weighted by Gasteiger charge is 2.29. The molecule has 0 heterocycles. The Morgan fingerprint density at radius 1 is 0.946 bits per heavy atom. The number of rotatable bonds is 8. The van der Waals surface area contributed by atoms with E-state index < -0.39 is 0 Å². The van der Waals surface area contributed by atoms with Crippen LogP contribution < -0.4 is 35.6 Å². The average molecular weight is 510 g/mol. The number of carbonyl (C=O) groups excluding carboxylic acids is 2. The predicted octanol–water partition coefficient (Wildman–Crippen LogP) is 3.33. The van der Waals surface area contributed by atoms with E-state index in [1.807, 2.05) is 12.1 Å². The third kappa shape index (κ3) is 5.65. The first-order chi connectivity index (χ1) is 17.9. The second kappa shape index (κ2) is 11.5. The molecule has 2 aliphatic rings. The quantitative estimate of drug-likeness (QED) is 0.500. The van der Waals surface area contributed by atoms with Gasteiger partial charge in [-0.25, -0.2) is 0 Å². The van der Waals surface area contributed by atoms with Gasteiger partial charge in [0.25, 0.3) is 0 Å². The zero-order chi connectivity index (χ0) is 26.5. The van der Waals surface area contributed by atoms with Crippen molar-refractivity contribution in [2.24, 2.45) is 0 Å². The molecule has 0 spiro atoms. The van der Waals surface area contributed by atoms with E-state index in [0.717, 1.165) is 42.4 Å². The summed E-state index contributed by atoms with van der Waals surface area (Å²) in [7, 11) is 4.67. The number of fused-ring (bicyclic) bond motifs is 3. The van der Waals surface area contributed by atoms with Crippen LogP contribution in [0.1, 0.15) is 56.2 Å². The smallest absolute Gasteiger partial charge is 0.239 e. The van der Waals surface area contributed by atoms with Gasteiger partial charge in [0, 0.05) is 18.5 Å². The summed E-state index contributed by atoms with van der Waals surface area (Å²) in [6, 6.07) is 6.78. The van der Waals surface area contributed by atoms with Crippen LogP contribution in [0.3, 0.4) is 0 Å². The molecular formula is C28H35N3O6. The normalized spacial score (nSPS) is 16.6. The van der Waals surface area contributed by atoms with Gasteiger partial charge in [-0.3, -0.25) is 14.4 Å². The minimum atomic E-state index is -0.389. The van der Waals surface area contributed by atoms with E-state index in [0.29, 0.717) is 41.3 Å². The molecule has 2 aliphatic carbocycles. The molecule has 9 heteroatoms. The molecule has 2 amide bonds. The molecule has 198 valence electrons. The summed E-state index contributed by atoms with van der Waals surface area (Å²) in [5.74, 6) is 1.15. The third-order valence-electron chi connectivity index (χ3n) is 7.08. The number of hydrogen-bond donors (Lipinski definition) is 3. The molecule has 0 unspecified atom stereocenters. The maximum atomic E-state index is 13.3. The van der Waals surface area contributed by atoms with Crippen molar-refractivity contribution >= 4 is 17.5 Å². The summed E-state index contributed by atoms with van der Waals surface area (Å²) in [5, 5.41) is 9.03. The molecule has 9 nitrogen and oxygen atoms in total. The van der Waals surface area contributed by atoms with Gasteiger partial charge < -0.3 is 30.2 Å². The van der Waals surface area contributed by atoms with Crippen molar-refractivity contribution in [1.29, 1.82) is 0 Å². The van der Waals surface area contributed by atoms with Gasteiger partial charge in [0.05, 0.1) is 39.6 Å². The van der Waals surface area contributed by atoms with Gasteiger partial charge in [-0.15, -0.1) is 0 Å². The number of methoxy groups -OCH3 is 3. The molecule has 2 aromatic carbocycles. The number of ether oxygens (including phenoxy) is 3. The number of aryl methyl sites for hydroxylation is 1. The van der Waals surface area contributed by atoms with Crippen LogP contribution in [0, 0.1) is 0 Å². The van der Waals surface area contributed by atoms with Crippen LogP contribution in [0.25, 0.3) is 11.1 Å². The number of benzene rings is 1. The first-order valence-electron chi connectivity index (χ1n) is 12.7. The van der Waals surface area contributed by atoms with Crippen molar-refractivity contribution in [3.63, 3.8) is 0 Å². The van der Waals surface area contributed by atoms with Crippen LogP contribution in [0.15, 0.2) is 29.1 Å². The Balaban J connectivity index is 1.79. The molecule has 37 heavy (non-hydrogen) atoms. The molecule has 4 rings (SSSR count). The Bertz CT molecular complexity index is 1240. The molecule has 3 N–H and O–H groups in total. The Hall–Kier alpha value is -3.75. The molecule has 0 bridgehead atoms. The number of anilines is 1. The van der Waals surface area contributed by atoms with Crippen LogP contribution in [0.2, 0.25) is 0 Å². The maximum Gasteiger partial charge on any atom is 0.239 e. The van der Waals surface area contributed by atoms with Gasteiger partial charge in [-0.05, 0) is 60.6 Å². The lowest BCUT2D eigenvalue weighted by Crippen LogP contribution is -2.37. The van der Waals surface area contributed by atoms with E-state index in [9.17, 15) is 14.4 Å². The summed E-state index contributed by atoms with van der Waals surface area (Å²) in [6.07, 6.45) is 5.43. The van der Waals surface area contributed by atoms with Crippen LogP contribution in [0.4, 0.5) is 5.69 Å². The Morgan fingerprint density at radius 3 is 2.32 bits per heavy atom. The van der Waals surface area contributed by atoms with Crippen molar-refractivity contribution in [2.75, 3.05) is 33.2 Å². The number of nitrogens with one attached hydrogen (secondary N) is 3. The van der Waals surface area contributed by atoms with Gasteiger partial charge >= 0.3 is 0 Å². The minimum Gasteiger partial charge on any atom is -0.493 e. The van der Waals surface area contributed by atoms with Gasteiger partial charge in [0.15, 0.2) is 11.5 Å². The predicted molar refractivity (Wildman–Crippen MR) is 142 cm³/mol. The Kier molecular flexibility index (Phi) is 8.21. The third-order valence-corrected chi connectivity index (χ3v) is 7.08. The number of hydrogen-bond acceptors (Lipinski definition) is 7. The summed E-state index contributed by atoms with van der Waals surface area (Å²) < 4.78 is 17.0. The maximum absolute atomic E-state index is 13.3. The molecule has 0 radical (unpaired) electrons. The molecule has 2 aromatic rings. The zero-order valence-electron chi connectivity index (χ0n) is 21.9. The standard InChI is InChI=1S/C28H35N3O6/c1-16(32)30-21-11-9-17-13-24(35-2)27(36-3)28(37-4)26(17)19-10-12-22(23(33)14-20(19)21)29-15-25(34)31-18-7-5-6-8-18/h10,12-14,18,21H,5-9,11,15H2,1-4H3,(H,29,33)(H,30,32)(H,31,34)/t21-/m1/s1. The van der Waals surface area contributed by atoms with E-state index >= 15 is 0 Å². The summed E-state index contributed by atoms with van der Waals surface area (Å²) in [5.41, 5.74) is 3.18. The minimum absolute atomic E-state index is 0.000471. The highest BCUT2D eigenvalue weighted by molar-refractivity contribution is 5.84. The van der Waals surface area contributed by atoms with Crippen LogP contribution in [-0.4, -0.2) is 45.7 Å². The lowest BCUT2D eigenvalue weighted by Gasteiger charge is -2.19. The van der Waals surface area contributed by atoms with E-state index in [4.69, 9.17) is 14.2 Å². The highest BCUT2D eigenvalue weighted by Crippen LogP contribution is 2.50. The van der Waals surface area contributed by atoms with Crippen molar-refractivity contribution in [3.8, 4) is 28.4 Å². The van der Waals surface area contributed by atoms with Gasteiger partial charge in [-0.1, -0.05) is 18.9 Å². The second-order valence-electron chi connectivity index (χ2n) is 9.50. The van der Waals surface area contributed by atoms with E-state index in [2.05, 4.69) is 16.0 Å². The number of amides is 2. The van der Waals surface area contributed by atoms with Crippen molar-refractivity contribution in [1.82, 2.24) is 10.6 Å².